The van der Waals surface area contributed by atoms with Gasteiger partial charge in [-0.25, -0.2) is 8.42 Å². The molecule has 2 rings (SSSR count). The molecule has 2 aromatic rings. The van der Waals surface area contributed by atoms with Crippen LogP contribution in [0.1, 0.15) is 5.56 Å². The fraction of sp³-hybridized carbons (Fsp3) is 0.273. The van der Waals surface area contributed by atoms with Gasteiger partial charge in [0.05, 0.1) is 5.75 Å². The molecule has 1 aromatic carbocycles. The zero-order valence-electron chi connectivity index (χ0n) is 8.77. The fourth-order valence-corrected chi connectivity index (χ4v) is 2.62. The molecule has 0 aliphatic rings. The van der Waals surface area contributed by atoms with Crippen molar-refractivity contribution < 1.29 is 8.42 Å². The maximum atomic E-state index is 11.2. The number of hydrogen-bond acceptors (Lipinski definition) is 2. The van der Waals surface area contributed by atoms with Gasteiger partial charge in [0.1, 0.15) is 0 Å². The van der Waals surface area contributed by atoms with Crippen molar-refractivity contribution in [3.05, 3.63) is 36.0 Å². The summed E-state index contributed by atoms with van der Waals surface area (Å²) in [5, 5.41) is 1.02. The molecule has 0 aliphatic carbocycles. The first-order valence-electron chi connectivity index (χ1n) is 4.68. The minimum atomic E-state index is -2.97. The van der Waals surface area contributed by atoms with Gasteiger partial charge in [-0.15, -0.1) is 0 Å². The van der Waals surface area contributed by atoms with E-state index in [0.717, 1.165) is 16.5 Å². The van der Waals surface area contributed by atoms with Gasteiger partial charge in [0.2, 0.25) is 0 Å². The highest BCUT2D eigenvalue weighted by atomic mass is 32.2. The Balaban J connectivity index is 2.62. The normalized spacial score (nSPS) is 12.1. The molecule has 0 spiro atoms. The summed E-state index contributed by atoms with van der Waals surface area (Å²) in [6, 6.07) is 7.82. The first-order chi connectivity index (χ1) is 6.97. The predicted molar refractivity (Wildman–Crippen MR) is 61.5 cm³/mol. The quantitative estimate of drug-likeness (QED) is 0.777. The van der Waals surface area contributed by atoms with Crippen LogP contribution in [0.4, 0.5) is 0 Å². The molecule has 0 amide bonds. The summed E-state index contributed by atoms with van der Waals surface area (Å²) in [6.07, 6.45) is 3.14. The third-order valence-electron chi connectivity index (χ3n) is 2.40. The zero-order valence-corrected chi connectivity index (χ0v) is 9.58. The third kappa shape index (κ3) is 2.04. The molecular weight excluding hydrogens is 210 g/mol. The van der Waals surface area contributed by atoms with Crippen LogP contribution in [-0.2, 0) is 22.6 Å². The molecule has 0 N–H and O–H groups in total. The molecular formula is C11H13NO2S. The lowest BCUT2D eigenvalue weighted by Crippen LogP contribution is -1.99. The Morgan fingerprint density at radius 2 is 1.93 bits per heavy atom. The molecule has 0 bridgehead atoms. The van der Waals surface area contributed by atoms with Gasteiger partial charge in [-0.3, -0.25) is 0 Å². The van der Waals surface area contributed by atoms with Gasteiger partial charge >= 0.3 is 0 Å². The van der Waals surface area contributed by atoms with Gasteiger partial charge in [-0.2, -0.15) is 0 Å². The Morgan fingerprint density at radius 3 is 2.60 bits per heavy atom. The smallest absolute Gasteiger partial charge is 0.151 e. The molecule has 0 aliphatic heterocycles. The minimum absolute atomic E-state index is 0.106. The summed E-state index contributed by atoms with van der Waals surface area (Å²) in [5.74, 6) is 0.106. The summed E-state index contributed by atoms with van der Waals surface area (Å²) in [4.78, 5) is 0. The lowest BCUT2D eigenvalue weighted by Gasteiger charge is -1.96. The average molecular weight is 223 g/mol. The second kappa shape index (κ2) is 3.38. The predicted octanol–water partition coefficient (Wildman–Crippen LogP) is 1.72. The second-order valence-electron chi connectivity index (χ2n) is 3.85. The van der Waals surface area contributed by atoms with Gasteiger partial charge in [-0.1, -0.05) is 18.2 Å². The summed E-state index contributed by atoms with van der Waals surface area (Å²) in [7, 11) is -1.04. The van der Waals surface area contributed by atoms with Crippen molar-refractivity contribution in [1.82, 2.24) is 4.57 Å². The molecule has 4 heteroatoms. The van der Waals surface area contributed by atoms with E-state index in [1.54, 1.807) is 0 Å². The summed E-state index contributed by atoms with van der Waals surface area (Å²) in [5.41, 5.74) is 1.94. The molecule has 0 saturated heterocycles. The summed E-state index contributed by atoms with van der Waals surface area (Å²) >= 11 is 0. The molecule has 0 fully saturated rings. The van der Waals surface area contributed by atoms with Crippen LogP contribution in [0.5, 0.6) is 0 Å². The van der Waals surface area contributed by atoms with Gasteiger partial charge in [0.15, 0.2) is 9.84 Å². The molecule has 0 unspecified atom stereocenters. The summed E-state index contributed by atoms with van der Waals surface area (Å²) in [6.45, 7) is 0. The van der Waals surface area contributed by atoms with Crippen molar-refractivity contribution in [2.45, 2.75) is 5.75 Å². The zero-order chi connectivity index (χ0) is 11.1. The highest BCUT2D eigenvalue weighted by Crippen LogP contribution is 2.21. The number of benzene rings is 1. The Bertz CT molecular complexity index is 596. The van der Waals surface area contributed by atoms with Crippen LogP contribution in [-0.4, -0.2) is 19.2 Å². The van der Waals surface area contributed by atoms with Gasteiger partial charge in [0, 0.05) is 30.4 Å². The number of para-hydroxylation sites is 1. The molecule has 15 heavy (non-hydrogen) atoms. The standard InChI is InChI=1S/C11H13NO2S/c1-12-7-9(8-15(2,13)14)10-5-3-4-6-11(10)12/h3-7H,8H2,1-2H3. The van der Waals surface area contributed by atoms with Crippen molar-refractivity contribution in [1.29, 1.82) is 0 Å². The number of aromatic nitrogens is 1. The Labute approximate surface area is 89.3 Å². The Hall–Kier alpha value is -1.29. The maximum Gasteiger partial charge on any atom is 0.151 e. The molecule has 1 heterocycles. The fourth-order valence-electron chi connectivity index (χ4n) is 1.82. The van der Waals surface area contributed by atoms with E-state index in [4.69, 9.17) is 0 Å². The first-order valence-corrected chi connectivity index (χ1v) is 6.74. The van der Waals surface area contributed by atoms with Crippen LogP contribution in [0.25, 0.3) is 10.9 Å². The van der Waals surface area contributed by atoms with Crippen molar-refractivity contribution in [2.75, 3.05) is 6.26 Å². The van der Waals surface area contributed by atoms with Crippen LogP contribution in [0.2, 0.25) is 0 Å². The lowest BCUT2D eigenvalue weighted by atomic mass is 10.2. The van der Waals surface area contributed by atoms with Crippen LogP contribution in [0.3, 0.4) is 0 Å². The van der Waals surface area contributed by atoms with Crippen molar-refractivity contribution in [3.8, 4) is 0 Å². The topological polar surface area (TPSA) is 39.1 Å². The van der Waals surface area contributed by atoms with Crippen LogP contribution in [0, 0.1) is 0 Å². The van der Waals surface area contributed by atoms with Gasteiger partial charge in [-0.05, 0) is 11.6 Å². The largest absolute Gasteiger partial charge is 0.350 e. The van der Waals surface area contributed by atoms with E-state index in [1.165, 1.54) is 6.26 Å². The number of hydrogen-bond donors (Lipinski definition) is 0. The van der Waals surface area contributed by atoms with E-state index >= 15 is 0 Å². The minimum Gasteiger partial charge on any atom is -0.350 e. The number of rotatable bonds is 2. The number of aryl methyl sites for hydroxylation is 1. The van der Waals surface area contributed by atoms with E-state index in [0.29, 0.717) is 0 Å². The molecule has 0 saturated carbocycles. The molecule has 80 valence electrons. The second-order valence-corrected chi connectivity index (χ2v) is 5.99. The molecule has 0 radical (unpaired) electrons. The van der Waals surface area contributed by atoms with E-state index in [9.17, 15) is 8.42 Å². The van der Waals surface area contributed by atoms with E-state index in [1.807, 2.05) is 42.1 Å². The number of fused-ring (bicyclic) bond motifs is 1. The van der Waals surface area contributed by atoms with Crippen LogP contribution >= 0.6 is 0 Å². The maximum absolute atomic E-state index is 11.2. The van der Waals surface area contributed by atoms with Crippen molar-refractivity contribution >= 4 is 20.7 Å². The Morgan fingerprint density at radius 1 is 1.27 bits per heavy atom. The van der Waals surface area contributed by atoms with E-state index < -0.39 is 9.84 Å². The monoisotopic (exact) mass is 223 g/mol. The third-order valence-corrected chi connectivity index (χ3v) is 3.23. The van der Waals surface area contributed by atoms with Crippen molar-refractivity contribution in [2.24, 2.45) is 7.05 Å². The van der Waals surface area contributed by atoms with Crippen LogP contribution < -0.4 is 0 Å². The molecule has 1 aromatic heterocycles. The molecule has 3 nitrogen and oxygen atoms in total. The average Bonchev–Trinajstić information content (AvgIpc) is 2.42. The SMILES string of the molecule is Cn1cc(CS(C)(=O)=O)c2ccccc21. The number of nitrogens with zero attached hydrogens (tertiary/aromatic N) is 1. The van der Waals surface area contributed by atoms with E-state index in [2.05, 4.69) is 0 Å². The highest BCUT2D eigenvalue weighted by Gasteiger charge is 2.10. The van der Waals surface area contributed by atoms with Crippen molar-refractivity contribution in [3.63, 3.8) is 0 Å². The first kappa shape index (κ1) is 10.2. The number of sulfone groups is 1. The van der Waals surface area contributed by atoms with E-state index in [-0.39, 0.29) is 5.75 Å². The Kier molecular flexibility index (Phi) is 2.31. The van der Waals surface area contributed by atoms with Gasteiger partial charge in [0.25, 0.3) is 0 Å². The van der Waals surface area contributed by atoms with Crippen LogP contribution in [0.15, 0.2) is 30.5 Å². The molecule has 0 atom stereocenters. The summed E-state index contributed by atoms with van der Waals surface area (Å²) < 4.78 is 24.4. The lowest BCUT2D eigenvalue weighted by molar-refractivity contribution is 0.601. The highest BCUT2D eigenvalue weighted by molar-refractivity contribution is 7.89. The van der Waals surface area contributed by atoms with Gasteiger partial charge < -0.3 is 4.57 Å².